The monoisotopic (exact) mass is 388 g/mol. The van der Waals surface area contributed by atoms with Crippen molar-refractivity contribution < 1.29 is 4.79 Å². The normalized spacial score (nSPS) is 11.4. The van der Waals surface area contributed by atoms with E-state index in [-0.39, 0.29) is 11.6 Å². The molecule has 27 heavy (non-hydrogen) atoms. The van der Waals surface area contributed by atoms with Crippen LogP contribution in [0.2, 0.25) is 5.02 Å². The topological polar surface area (TPSA) is 68.0 Å². The Kier molecular flexibility index (Phi) is 6.13. The zero-order valence-electron chi connectivity index (χ0n) is 15.9. The number of likely N-dealkylation sites (N-methyl/N-ethyl adjacent to an activating group) is 1. The van der Waals surface area contributed by atoms with E-state index in [0.29, 0.717) is 17.5 Å². The number of benzene rings is 1. The van der Waals surface area contributed by atoms with E-state index >= 15 is 0 Å². The van der Waals surface area contributed by atoms with Crippen LogP contribution in [0.1, 0.15) is 31.3 Å². The van der Waals surface area contributed by atoms with Gasteiger partial charge < -0.3 is 9.47 Å². The highest BCUT2D eigenvalue weighted by Crippen LogP contribution is 2.21. The Morgan fingerprint density at radius 2 is 1.96 bits per heavy atom. The number of imidazole rings is 1. The number of hydrogen-bond acceptors (Lipinski definition) is 4. The minimum atomic E-state index is -0.355. The van der Waals surface area contributed by atoms with Gasteiger partial charge in [-0.3, -0.25) is 14.8 Å². The van der Waals surface area contributed by atoms with E-state index in [1.807, 2.05) is 35.8 Å². The predicted octanol–water partition coefficient (Wildman–Crippen LogP) is 3.50. The van der Waals surface area contributed by atoms with Gasteiger partial charge in [0.25, 0.3) is 5.91 Å². The molecule has 3 rings (SSSR count). The molecule has 2 heterocycles. The van der Waals surface area contributed by atoms with Crippen molar-refractivity contribution in [2.24, 2.45) is 0 Å². The fraction of sp³-hybridized carbons (Fsp3) is 0.421. The molecule has 0 unspecified atom stereocenters. The first kappa shape index (κ1) is 19.4. The van der Waals surface area contributed by atoms with E-state index in [9.17, 15) is 4.79 Å². The molecule has 144 valence electrons. The lowest BCUT2D eigenvalue weighted by Crippen LogP contribution is -2.27. The molecular formula is C19H25ClN6O. The Morgan fingerprint density at radius 1 is 1.22 bits per heavy atom. The molecule has 0 aliphatic carbocycles. The number of aryl methyl sites for hydroxylation is 1. The largest absolute Gasteiger partial charge is 0.309 e. The number of rotatable bonds is 8. The molecule has 0 aliphatic heterocycles. The van der Waals surface area contributed by atoms with Crippen LogP contribution in [0.5, 0.6) is 0 Å². The highest BCUT2D eigenvalue weighted by molar-refractivity contribution is 6.34. The van der Waals surface area contributed by atoms with Crippen LogP contribution in [0.15, 0.2) is 30.5 Å². The first-order valence-corrected chi connectivity index (χ1v) is 9.67. The Hall–Kier alpha value is -2.38. The highest BCUT2D eigenvalue weighted by atomic mass is 35.5. The molecule has 0 saturated carbocycles. The summed E-state index contributed by atoms with van der Waals surface area (Å²) in [4.78, 5) is 19.6. The summed E-state index contributed by atoms with van der Waals surface area (Å²) in [5.74, 6) is 0.155. The van der Waals surface area contributed by atoms with Crippen molar-refractivity contribution in [2.45, 2.75) is 33.9 Å². The van der Waals surface area contributed by atoms with Crippen LogP contribution in [0.25, 0.3) is 11.0 Å². The lowest BCUT2D eigenvalue weighted by Gasteiger charge is -2.19. The van der Waals surface area contributed by atoms with E-state index in [4.69, 9.17) is 11.6 Å². The second-order valence-corrected chi connectivity index (χ2v) is 6.65. The van der Waals surface area contributed by atoms with Gasteiger partial charge in [0.15, 0.2) is 5.69 Å². The minimum absolute atomic E-state index is 0.209. The Bertz CT molecular complexity index is 928. The van der Waals surface area contributed by atoms with Crippen molar-refractivity contribution in [3.8, 4) is 0 Å². The van der Waals surface area contributed by atoms with Gasteiger partial charge in [-0.05, 0) is 32.1 Å². The van der Waals surface area contributed by atoms with Crippen molar-refractivity contribution in [1.82, 2.24) is 24.2 Å². The molecule has 0 bridgehead atoms. The maximum Gasteiger partial charge on any atom is 0.280 e. The number of hydrogen-bond donors (Lipinski definition) is 1. The number of nitrogens with zero attached hydrogens (tertiary/aromatic N) is 5. The summed E-state index contributed by atoms with van der Waals surface area (Å²) in [5, 5.41) is 7.46. The third kappa shape index (κ3) is 4.14. The van der Waals surface area contributed by atoms with Crippen molar-refractivity contribution in [3.05, 3.63) is 41.2 Å². The molecule has 0 aliphatic rings. The van der Waals surface area contributed by atoms with Crippen molar-refractivity contribution >= 4 is 34.5 Å². The third-order valence-electron chi connectivity index (χ3n) is 4.67. The number of carbonyl (C=O) groups is 1. The molecule has 2 aromatic heterocycles. The Labute approximate surface area is 163 Å². The van der Waals surface area contributed by atoms with E-state index in [2.05, 4.69) is 34.1 Å². The fourth-order valence-electron chi connectivity index (χ4n) is 3.05. The molecule has 1 amide bonds. The number of nitrogens with one attached hydrogen (secondary N) is 1. The SMILES string of the molecule is CCN(CC)CCn1c(NC(=O)c2nn(CC)cc2Cl)nc2ccccc21. The molecule has 8 heteroatoms. The standard InChI is InChI=1S/C19H25ClN6O/c1-4-24(5-2)11-12-26-16-10-8-7-9-15(16)21-19(26)22-18(27)17-14(20)13-25(6-3)23-17/h7-10,13H,4-6,11-12H2,1-3H3,(H,21,22,27). The van der Waals surface area contributed by atoms with Crippen LogP contribution < -0.4 is 5.32 Å². The average Bonchev–Trinajstić information content (AvgIpc) is 3.22. The number of para-hydroxylation sites is 2. The van der Waals surface area contributed by atoms with Crippen LogP contribution in [-0.2, 0) is 13.1 Å². The summed E-state index contributed by atoms with van der Waals surface area (Å²) in [6.07, 6.45) is 1.65. The summed E-state index contributed by atoms with van der Waals surface area (Å²) in [7, 11) is 0. The zero-order chi connectivity index (χ0) is 19.4. The Balaban J connectivity index is 1.89. The minimum Gasteiger partial charge on any atom is -0.309 e. The van der Waals surface area contributed by atoms with Crippen LogP contribution in [0.4, 0.5) is 5.95 Å². The smallest absolute Gasteiger partial charge is 0.280 e. The molecule has 0 atom stereocenters. The summed E-state index contributed by atoms with van der Waals surface area (Å²) < 4.78 is 3.68. The zero-order valence-corrected chi connectivity index (χ0v) is 16.7. The lowest BCUT2D eigenvalue weighted by atomic mass is 10.3. The van der Waals surface area contributed by atoms with Gasteiger partial charge in [-0.15, -0.1) is 0 Å². The molecule has 1 aromatic carbocycles. The maximum absolute atomic E-state index is 12.7. The number of carbonyl (C=O) groups excluding carboxylic acids is 1. The lowest BCUT2D eigenvalue weighted by molar-refractivity contribution is 0.102. The number of fused-ring (bicyclic) bond motifs is 1. The van der Waals surface area contributed by atoms with Crippen molar-refractivity contribution in [1.29, 1.82) is 0 Å². The van der Waals surface area contributed by atoms with Crippen LogP contribution in [0, 0.1) is 0 Å². The molecule has 0 spiro atoms. The van der Waals surface area contributed by atoms with Gasteiger partial charge in [0.1, 0.15) is 0 Å². The molecule has 7 nitrogen and oxygen atoms in total. The van der Waals surface area contributed by atoms with E-state index < -0.39 is 0 Å². The first-order chi connectivity index (χ1) is 13.1. The van der Waals surface area contributed by atoms with Gasteiger partial charge in [0.2, 0.25) is 5.95 Å². The number of anilines is 1. The Morgan fingerprint density at radius 3 is 2.63 bits per heavy atom. The maximum atomic E-state index is 12.7. The van der Waals surface area contributed by atoms with Gasteiger partial charge in [-0.1, -0.05) is 37.6 Å². The summed E-state index contributed by atoms with van der Waals surface area (Å²) in [5.41, 5.74) is 2.04. The summed E-state index contributed by atoms with van der Waals surface area (Å²) in [6, 6.07) is 7.87. The van der Waals surface area contributed by atoms with Gasteiger partial charge >= 0.3 is 0 Å². The van der Waals surface area contributed by atoms with Gasteiger partial charge in [-0.2, -0.15) is 5.10 Å². The van der Waals surface area contributed by atoms with Crippen LogP contribution in [0.3, 0.4) is 0 Å². The second-order valence-electron chi connectivity index (χ2n) is 6.24. The molecule has 1 N–H and O–H groups in total. The number of aromatic nitrogens is 4. The molecular weight excluding hydrogens is 364 g/mol. The van der Waals surface area contributed by atoms with Crippen LogP contribution in [-0.4, -0.2) is 49.8 Å². The number of amides is 1. The first-order valence-electron chi connectivity index (χ1n) is 9.29. The van der Waals surface area contributed by atoms with E-state index in [1.165, 1.54) is 0 Å². The average molecular weight is 389 g/mol. The summed E-state index contributed by atoms with van der Waals surface area (Å²) in [6.45, 7) is 10.4. The molecule has 0 fully saturated rings. The van der Waals surface area contributed by atoms with E-state index in [1.54, 1.807) is 10.9 Å². The van der Waals surface area contributed by atoms with Crippen LogP contribution >= 0.6 is 11.6 Å². The number of halogens is 1. The predicted molar refractivity (Wildman–Crippen MR) is 108 cm³/mol. The van der Waals surface area contributed by atoms with E-state index in [0.717, 1.165) is 37.2 Å². The third-order valence-corrected chi connectivity index (χ3v) is 4.95. The molecule has 3 aromatic rings. The molecule has 0 radical (unpaired) electrons. The molecule has 0 saturated heterocycles. The quantitative estimate of drug-likeness (QED) is 0.641. The van der Waals surface area contributed by atoms with Gasteiger partial charge in [-0.25, -0.2) is 4.98 Å². The van der Waals surface area contributed by atoms with Gasteiger partial charge in [0, 0.05) is 25.8 Å². The second kappa shape index (κ2) is 8.54. The summed E-state index contributed by atoms with van der Waals surface area (Å²) >= 11 is 6.17. The van der Waals surface area contributed by atoms with Crippen molar-refractivity contribution in [3.63, 3.8) is 0 Å². The fourth-order valence-corrected chi connectivity index (χ4v) is 3.29. The highest BCUT2D eigenvalue weighted by Gasteiger charge is 2.19. The van der Waals surface area contributed by atoms with Gasteiger partial charge in [0.05, 0.1) is 16.1 Å². The van der Waals surface area contributed by atoms with Crippen molar-refractivity contribution in [2.75, 3.05) is 25.0 Å².